The van der Waals surface area contributed by atoms with Gasteiger partial charge in [-0.15, -0.1) is 0 Å². The van der Waals surface area contributed by atoms with E-state index in [0.717, 1.165) is 37.1 Å². The van der Waals surface area contributed by atoms with Gasteiger partial charge in [-0.3, -0.25) is 4.79 Å². The summed E-state index contributed by atoms with van der Waals surface area (Å²) in [7, 11) is 0. The van der Waals surface area contributed by atoms with Gasteiger partial charge in [0, 0.05) is 6.04 Å². The van der Waals surface area contributed by atoms with Gasteiger partial charge < -0.3 is 25.4 Å². The van der Waals surface area contributed by atoms with Gasteiger partial charge in [0.15, 0.2) is 0 Å². The molecule has 1 heterocycles. The molecule has 182 valence electrons. The van der Waals surface area contributed by atoms with Crippen LogP contribution < -0.4 is 20.7 Å². The van der Waals surface area contributed by atoms with Crippen molar-refractivity contribution in [3.05, 3.63) is 102 Å². The van der Waals surface area contributed by atoms with E-state index in [-0.39, 0.29) is 18.6 Å². The molecule has 35 heavy (non-hydrogen) atoms. The summed E-state index contributed by atoms with van der Waals surface area (Å²) in [6.07, 6.45) is 1.05. The minimum atomic E-state index is -0.878. The van der Waals surface area contributed by atoms with E-state index in [4.69, 9.17) is 9.47 Å². The molecule has 3 aromatic rings. The molecule has 0 radical (unpaired) electrons. The van der Waals surface area contributed by atoms with Crippen LogP contribution >= 0.6 is 0 Å². The third-order valence-corrected chi connectivity index (χ3v) is 5.88. The Bertz CT molecular complexity index is 1070. The predicted molar refractivity (Wildman–Crippen MR) is 134 cm³/mol. The molecule has 1 saturated heterocycles. The summed E-state index contributed by atoms with van der Waals surface area (Å²) in [6.45, 7) is 2.29. The monoisotopic (exact) mass is 473 g/mol. The fourth-order valence-electron chi connectivity index (χ4n) is 3.93. The summed E-state index contributed by atoms with van der Waals surface area (Å²) in [4.78, 5) is 25.8. The van der Waals surface area contributed by atoms with Crippen LogP contribution in [0.3, 0.4) is 0 Å². The largest absolute Gasteiger partial charge is 0.489 e. The van der Waals surface area contributed by atoms with Crippen LogP contribution in [0.5, 0.6) is 5.75 Å². The smallest absolute Gasteiger partial charge is 0.408 e. The first kappa shape index (κ1) is 24.3. The van der Waals surface area contributed by atoms with Crippen molar-refractivity contribution in [3.63, 3.8) is 0 Å². The zero-order valence-corrected chi connectivity index (χ0v) is 19.6. The Morgan fingerprint density at radius 2 is 1.43 bits per heavy atom. The van der Waals surface area contributed by atoms with Gasteiger partial charge in [0.1, 0.15) is 25.0 Å². The first-order chi connectivity index (χ1) is 17.2. The van der Waals surface area contributed by atoms with Crippen molar-refractivity contribution in [1.82, 2.24) is 16.0 Å². The lowest BCUT2D eigenvalue weighted by molar-refractivity contribution is -0.124. The van der Waals surface area contributed by atoms with Crippen molar-refractivity contribution in [2.24, 2.45) is 0 Å². The molecule has 3 aromatic carbocycles. The molecule has 0 saturated carbocycles. The van der Waals surface area contributed by atoms with E-state index in [1.54, 1.807) is 24.3 Å². The van der Waals surface area contributed by atoms with Gasteiger partial charge in [-0.05, 0) is 54.8 Å². The summed E-state index contributed by atoms with van der Waals surface area (Å²) >= 11 is 0. The number of nitrogens with one attached hydrogen (secondary N) is 3. The van der Waals surface area contributed by atoms with Crippen LogP contribution in [-0.2, 0) is 22.7 Å². The summed E-state index contributed by atoms with van der Waals surface area (Å²) in [5.74, 6) is 0.424. The summed E-state index contributed by atoms with van der Waals surface area (Å²) in [5.41, 5.74) is 2.59. The second-order valence-corrected chi connectivity index (χ2v) is 8.52. The van der Waals surface area contributed by atoms with Gasteiger partial charge in [0.05, 0.1) is 0 Å². The lowest BCUT2D eigenvalue weighted by Gasteiger charge is -2.26. The van der Waals surface area contributed by atoms with Crippen LogP contribution in [0.2, 0.25) is 0 Å². The van der Waals surface area contributed by atoms with Crippen LogP contribution in [0.15, 0.2) is 84.9 Å². The molecule has 2 amide bonds. The highest BCUT2D eigenvalue weighted by atomic mass is 16.5. The van der Waals surface area contributed by atoms with Crippen LogP contribution in [0.25, 0.3) is 0 Å². The average molecular weight is 474 g/mol. The maximum absolute atomic E-state index is 13.2. The molecule has 0 aromatic heterocycles. The first-order valence-electron chi connectivity index (χ1n) is 11.9. The zero-order valence-electron chi connectivity index (χ0n) is 19.6. The number of piperidine rings is 1. The highest BCUT2D eigenvalue weighted by Crippen LogP contribution is 2.20. The highest BCUT2D eigenvalue weighted by Gasteiger charge is 2.26. The maximum Gasteiger partial charge on any atom is 0.408 e. The Morgan fingerprint density at radius 1 is 0.829 bits per heavy atom. The molecule has 7 nitrogen and oxygen atoms in total. The predicted octanol–water partition coefficient (Wildman–Crippen LogP) is 4.10. The quantitative estimate of drug-likeness (QED) is 0.436. The maximum atomic E-state index is 13.2. The molecular formula is C28H31N3O4. The van der Waals surface area contributed by atoms with Crippen molar-refractivity contribution in [2.45, 2.75) is 38.1 Å². The minimum absolute atomic E-state index is 0.0712. The van der Waals surface area contributed by atoms with Gasteiger partial charge in [0.2, 0.25) is 5.91 Å². The molecule has 7 heteroatoms. The summed E-state index contributed by atoms with van der Waals surface area (Å²) < 4.78 is 11.2. The number of rotatable bonds is 9. The van der Waals surface area contributed by atoms with Gasteiger partial charge in [0.25, 0.3) is 0 Å². The van der Waals surface area contributed by atoms with Crippen molar-refractivity contribution >= 4 is 12.0 Å². The molecule has 1 aliphatic rings. The molecule has 0 bridgehead atoms. The van der Waals surface area contributed by atoms with Crippen molar-refractivity contribution < 1.29 is 19.1 Å². The van der Waals surface area contributed by atoms with Crippen molar-refractivity contribution in [3.8, 4) is 5.75 Å². The minimum Gasteiger partial charge on any atom is -0.489 e. The average Bonchev–Trinajstić information content (AvgIpc) is 2.91. The second kappa shape index (κ2) is 12.6. The van der Waals surface area contributed by atoms with E-state index in [9.17, 15) is 9.59 Å². The zero-order chi connectivity index (χ0) is 24.3. The van der Waals surface area contributed by atoms with E-state index >= 15 is 0 Å². The molecule has 3 N–H and O–H groups in total. The third-order valence-electron chi connectivity index (χ3n) is 5.88. The summed E-state index contributed by atoms with van der Waals surface area (Å²) in [5, 5.41) is 9.11. The topological polar surface area (TPSA) is 88.7 Å². The Morgan fingerprint density at radius 3 is 2.06 bits per heavy atom. The number of alkyl carbamates (subject to hydrolysis) is 1. The number of benzene rings is 3. The standard InChI is InChI=1S/C28H31N3O4/c32-27(30-24-15-17-29-18-16-24)26(31-28(33)35-20-22-9-5-2-6-10-22)23-11-13-25(14-12-23)34-19-21-7-3-1-4-8-21/h1-14,24,26,29H,15-20H2,(H,30,32)(H,31,33)/t26-/m1/s1. The van der Waals surface area contributed by atoms with Gasteiger partial charge >= 0.3 is 6.09 Å². The van der Waals surface area contributed by atoms with Gasteiger partial charge in [-0.2, -0.15) is 0 Å². The normalized spacial score (nSPS) is 14.5. The molecule has 1 aliphatic heterocycles. The summed E-state index contributed by atoms with van der Waals surface area (Å²) in [6, 6.07) is 25.7. The Labute approximate surface area is 205 Å². The van der Waals surface area contributed by atoms with Gasteiger partial charge in [-0.1, -0.05) is 72.8 Å². The number of carbonyl (C=O) groups excluding carboxylic acids is 2. The highest BCUT2D eigenvalue weighted by molar-refractivity contribution is 5.87. The molecule has 1 fully saturated rings. The number of hydrogen-bond acceptors (Lipinski definition) is 5. The lowest BCUT2D eigenvalue weighted by atomic mass is 10.0. The van der Waals surface area contributed by atoms with Crippen molar-refractivity contribution in [1.29, 1.82) is 0 Å². The van der Waals surface area contributed by atoms with E-state index in [1.165, 1.54) is 0 Å². The number of ether oxygens (including phenoxy) is 2. The molecule has 0 spiro atoms. The Hall–Kier alpha value is -3.84. The molecule has 1 atom stereocenters. The molecule has 0 unspecified atom stereocenters. The Balaban J connectivity index is 1.41. The first-order valence-corrected chi connectivity index (χ1v) is 11.9. The van der Waals surface area contributed by atoms with Crippen LogP contribution in [0.4, 0.5) is 4.79 Å². The fourth-order valence-corrected chi connectivity index (χ4v) is 3.93. The van der Waals surface area contributed by atoms with E-state index in [1.807, 2.05) is 60.7 Å². The molecule has 4 rings (SSSR count). The van der Waals surface area contributed by atoms with E-state index < -0.39 is 12.1 Å². The number of amides is 2. The van der Waals surface area contributed by atoms with Crippen LogP contribution in [-0.4, -0.2) is 31.1 Å². The van der Waals surface area contributed by atoms with E-state index in [2.05, 4.69) is 16.0 Å². The van der Waals surface area contributed by atoms with Gasteiger partial charge in [-0.25, -0.2) is 4.79 Å². The SMILES string of the molecule is O=C(N[C@@H](C(=O)NC1CCNCC1)c1ccc(OCc2ccccc2)cc1)OCc1ccccc1. The molecule has 0 aliphatic carbocycles. The van der Waals surface area contributed by atoms with Crippen LogP contribution in [0.1, 0.15) is 35.6 Å². The molecular weight excluding hydrogens is 442 g/mol. The Kier molecular flexibility index (Phi) is 8.73. The fraction of sp³-hybridized carbons (Fsp3) is 0.286. The second-order valence-electron chi connectivity index (χ2n) is 8.52. The number of hydrogen-bond donors (Lipinski definition) is 3. The lowest BCUT2D eigenvalue weighted by Crippen LogP contribution is -2.47. The van der Waals surface area contributed by atoms with Crippen LogP contribution in [0, 0.1) is 0 Å². The van der Waals surface area contributed by atoms with Crippen molar-refractivity contribution in [2.75, 3.05) is 13.1 Å². The number of carbonyl (C=O) groups is 2. The van der Waals surface area contributed by atoms with E-state index in [0.29, 0.717) is 17.9 Å². The third kappa shape index (κ3) is 7.58.